The van der Waals surface area contributed by atoms with E-state index in [0.29, 0.717) is 12.0 Å². The molecule has 1 N–H and O–H groups in total. The first-order valence-electron chi connectivity index (χ1n) is 7.39. The molecule has 1 aromatic rings. The molecule has 0 spiro atoms. The average molecular weight is 314 g/mol. The number of halogens is 3. The molecule has 1 aliphatic rings. The Morgan fingerprint density at radius 1 is 1.32 bits per heavy atom. The van der Waals surface area contributed by atoms with Crippen LogP contribution in [0.5, 0.6) is 0 Å². The monoisotopic (exact) mass is 314 g/mol. The van der Waals surface area contributed by atoms with Gasteiger partial charge in [0.25, 0.3) is 0 Å². The number of carbonyl (C=O) groups is 1. The number of nitrogens with one attached hydrogen (secondary N) is 1. The van der Waals surface area contributed by atoms with E-state index in [9.17, 15) is 18.0 Å². The van der Waals surface area contributed by atoms with Crippen LogP contribution in [-0.2, 0) is 11.2 Å². The van der Waals surface area contributed by atoms with Gasteiger partial charge in [0.05, 0.1) is 5.41 Å². The molecule has 1 heterocycles. The van der Waals surface area contributed by atoms with Crippen molar-refractivity contribution in [3.05, 3.63) is 35.4 Å². The van der Waals surface area contributed by atoms with Crippen LogP contribution < -0.4 is 5.43 Å². The Labute approximate surface area is 128 Å². The van der Waals surface area contributed by atoms with Gasteiger partial charge in [0.15, 0.2) is 0 Å². The maximum Gasteiger partial charge on any atom is 0.409 e. The van der Waals surface area contributed by atoms with Gasteiger partial charge in [0.1, 0.15) is 6.04 Å². The number of carbonyl (C=O) groups excluding carboxylic acids is 1. The highest BCUT2D eigenvalue weighted by Gasteiger charge is 2.51. The number of benzene rings is 1. The quantitative estimate of drug-likeness (QED) is 0.920. The Balaban J connectivity index is 2.43. The lowest BCUT2D eigenvalue weighted by atomic mass is 9.92. The third-order valence-electron chi connectivity index (χ3n) is 3.92. The van der Waals surface area contributed by atoms with Crippen LogP contribution in [-0.4, -0.2) is 23.6 Å². The Kier molecular flexibility index (Phi) is 4.52. The van der Waals surface area contributed by atoms with Gasteiger partial charge in [-0.2, -0.15) is 13.2 Å². The van der Waals surface area contributed by atoms with Crippen LogP contribution in [0.25, 0.3) is 0 Å². The number of alkyl halides is 3. The zero-order chi connectivity index (χ0) is 16.5. The van der Waals surface area contributed by atoms with Crippen LogP contribution in [0.2, 0.25) is 0 Å². The van der Waals surface area contributed by atoms with Gasteiger partial charge in [0, 0.05) is 6.54 Å². The summed E-state index contributed by atoms with van der Waals surface area (Å²) in [5.41, 5.74) is 2.45. The molecule has 1 saturated heterocycles. The van der Waals surface area contributed by atoms with Crippen molar-refractivity contribution in [2.24, 2.45) is 5.41 Å². The van der Waals surface area contributed by atoms with Crippen molar-refractivity contribution in [1.82, 2.24) is 10.4 Å². The summed E-state index contributed by atoms with van der Waals surface area (Å²) in [6.45, 7) is 5.25. The van der Waals surface area contributed by atoms with Crippen molar-refractivity contribution < 1.29 is 18.0 Å². The summed E-state index contributed by atoms with van der Waals surface area (Å²) in [5, 5.41) is 1.02. The zero-order valence-electron chi connectivity index (χ0n) is 13.0. The van der Waals surface area contributed by atoms with E-state index in [4.69, 9.17) is 0 Å². The average Bonchev–Trinajstić information content (AvgIpc) is 2.64. The van der Waals surface area contributed by atoms with Crippen LogP contribution >= 0.6 is 0 Å². The lowest BCUT2D eigenvalue weighted by Crippen LogP contribution is -2.44. The number of hydrazine groups is 1. The minimum absolute atomic E-state index is 0.0243. The van der Waals surface area contributed by atoms with Crippen LogP contribution in [0.4, 0.5) is 13.2 Å². The van der Waals surface area contributed by atoms with E-state index in [1.807, 2.05) is 6.92 Å². The van der Waals surface area contributed by atoms with E-state index in [1.54, 1.807) is 32.0 Å². The minimum atomic E-state index is -4.46. The van der Waals surface area contributed by atoms with E-state index in [1.165, 1.54) is 6.07 Å². The molecule has 1 unspecified atom stereocenters. The van der Waals surface area contributed by atoms with Crippen LogP contribution in [0.3, 0.4) is 0 Å². The molecule has 0 saturated carbocycles. The molecular formula is C16H21F3N2O. The lowest BCUT2D eigenvalue weighted by Gasteiger charge is -2.31. The van der Waals surface area contributed by atoms with Crippen molar-refractivity contribution in [3.8, 4) is 0 Å². The topological polar surface area (TPSA) is 32.3 Å². The first kappa shape index (κ1) is 16.8. The molecule has 1 fully saturated rings. The predicted octanol–water partition coefficient (Wildman–Crippen LogP) is 3.62. The van der Waals surface area contributed by atoms with Crippen molar-refractivity contribution in [3.63, 3.8) is 0 Å². The summed E-state index contributed by atoms with van der Waals surface area (Å²) in [5.74, 6) is -0.380. The van der Waals surface area contributed by atoms with Crippen LogP contribution in [0.1, 0.15) is 44.4 Å². The highest BCUT2D eigenvalue weighted by atomic mass is 19.4. The van der Waals surface area contributed by atoms with Gasteiger partial charge in [0.2, 0.25) is 5.91 Å². The predicted molar refractivity (Wildman–Crippen MR) is 77.9 cm³/mol. The Morgan fingerprint density at radius 3 is 2.45 bits per heavy atom. The van der Waals surface area contributed by atoms with Gasteiger partial charge in [-0.15, -0.1) is 0 Å². The summed E-state index contributed by atoms with van der Waals surface area (Å²) in [4.78, 5) is 11.9. The first-order chi connectivity index (χ1) is 10.2. The highest BCUT2D eigenvalue weighted by Crippen LogP contribution is 2.41. The molecule has 2 rings (SSSR count). The molecule has 6 heteroatoms. The molecule has 122 valence electrons. The number of hydrogen-bond acceptors (Lipinski definition) is 2. The van der Waals surface area contributed by atoms with Gasteiger partial charge in [-0.05, 0) is 31.4 Å². The molecule has 0 aromatic heterocycles. The van der Waals surface area contributed by atoms with E-state index >= 15 is 0 Å². The van der Waals surface area contributed by atoms with E-state index in [0.717, 1.165) is 11.4 Å². The van der Waals surface area contributed by atoms with Crippen molar-refractivity contribution in [2.45, 2.75) is 45.8 Å². The van der Waals surface area contributed by atoms with Gasteiger partial charge in [-0.25, -0.2) is 5.01 Å². The summed E-state index contributed by atoms with van der Waals surface area (Å²) in [7, 11) is 0. The minimum Gasteiger partial charge on any atom is -0.287 e. The second kappa shape index (κ2) is 5.91. The summed E-state index contributed by atoms with van der Waals surface area (Å²) >= 11 is 0. The zero-order valence-corrected chi connectivity index (χ0v) is 13.0. The fourth-order valence-electron chi connectivity index (χ4n) is 2.79. The second-order valence-electron chi connectivity index (χ2n) is 6.35. The normalized spacial score (nSPS) is 20.0. The second-order valence-corrected chi connectivity index (χ2v) is 6.35. The third-order valence-corrected chi connectivity index (χ3v) is 3.92. The van der Waals surface area contributed by atoms with Crippen molar-refractivity contribution in [1.29, 1.82) is 0 Å². The number of nitrogens with zero attached hydrogens (tertiary/aromatic N) is 1. The van der Waals surface area contributed by atoms with E-state index in [2.05, 4.69) is 5.43 Å². The summed E-state index contributed by atoms with van der Waals surface area (Å²) in [6.07, 6.45) is -3.12. The largest absolute Gasteiger partial charge is 0.409 e. The first-order valence-corrected chi connectivity index (χ1v) is 7.39. The molecule has 0 bridgehead atoms. The molecular weight excluding hydrogens is 293 g/mol. The van der Waals surface area contributed by atoms with Crippen LogP contribution in [0.15, 0.2) is 24.3 Å². The molecule has 1 atom stereocenters. The van der Waals surface area contributed by atoms with Gasteiger partial charge in [-0.1, -0.05) is 37.6 Å². The summed E-state index contributed by atoms with van der Waals surface area (Å²) in [6, 6.07) is 4.76. The number of rotatable bonds is 4. The number of aryl methyl sites for hydroxylation is 1. The lowest BCUT2D eigenvalue weighted by molar-refractivity contribution is -0.191. The van der Waals surface area contributed by atoms with Gasteiger partial charge in [-0.3, -0.25) is 10.2 Å². The van der Waals surface area contributed by atoms with Crippen molar-refractivity contribution >= 4 is 5.91 Å². The molecule has 22 heavy (non-hydrogen) atoms. The smallest absolute Gasteiger partial charge is 0.287 e. The molecule has 3 nitrogen and oxygen atoms in total. The fraction of sp³-hybridized carbons (Fsp3) is 0.562. The molecule has 0 aliphatic carbocycles. The van der Waals surface area contributed by atoms with Gasteiger partial charge < -0.3 is 0 Å². The fourth-order valence-corrected chi connectivity index (χ4v) is 2.79. The van der Waals surface area contributed by atoms with Gasteiger partial charge >= 0.3 is 6.18 Å². The van der Waals surface area contributed by atoms with E-state index < -0.39 is 17.6 Å². The Morgan fingerprint density at radius 2 is 1.95 bits per heavy atom. The Hall–Kier alpha value is -1.56. The maximum atomic E-state index is 13.7. The highest BCUT2D eigenvalue weighted by molar-refractivity contribution is 5.83. The Bertz CT molecular complexity index is 555. The molecule has 1 aromatic carbocycles. The number of hydrogen-bond donors (Lipinski definition) is 1. The SMILES string of the molecule is CCCc1ccccc1C(N1CC(C)(C)C(=O)N1)C(F)(F)F. The molecule has 1 amide bonds. The third kappa shape index (κ3) is 3.27. The van der Waals surface area contributed by atoms with E-state index in [-0.39, 0.29) is 18.0 Å². The molecule has 1 aliphatic heterocycles. The maximum absolute atomic E-state index is 13.7. The van der Waals surface area contributed by atoms with Crippen LogP contribution in [0, 0.1) is 5.41 Å². The standard InChI is InChI=1S/C16H21F3N2O/c1-4-7-11-8-5-6-9-12(11)13(16(17,18)19)21-10-15(2,3)14(22)20-21/h5-6,8-9,13H,4,7,10H2,1-3H3,(H,20,22). The number of amides is 1. The summed E-state index contributed by atoms with van der Waals surface area (Å²) < 4.78 is 41.0. The molecule has 0 radical (unpaired) electrons. The van der Waals surface area contributed by atoms with Crippen molar-refractivity contribution in [2.75, 3.05) is 6.54 Å².